The van der Waals surface area contributed by atoms with Gasteiger partial charge in [0.1, 0.15) is 6.04 Å². The summed E-state index contributed by atoms with van der Waals surface area (Å²) < 4.78 is 0. The van der Waals surface area contributed by atoms with Crippen LogP contribution in [0.15, 0.2) is 0 Å². The summed E-state index contributed by atoms with van der Waals surface area (Å²) in [5, 5.41) is 8.52. The van der Waals surface area contributed by atoms with Gasteiger partial charge in [-0.3, -0.25) is 0 Å². The summed E-state index contributed by atoms with van der Waals surface area (Å²) in [6.45, 7) is 5.21. The third kappa shape index (κ3) is 2.47. The van der Waals surface area contributed by atoms with Crippen LogP contribution >= 0.6 is 0 Å². The number of likely N-dealkylation sites (tertiary alicyclic amines) is 1. The van der Waals surface area contributed by atoms with Gasteiger partial charge in [0.2, 0.25) is 0 Å². The fourth-order valence-electron chi connectivity index (χ4n) is 1.73. The third-order valence-electron chi connectivity index (χ3n) is 2.57. The second kappa shape index (κ2) is 4.44. The Balaban J connectivity index is 2.24. The molecular formula is C9H17N3. The predicted molar refractivity (Wildman–Crippen MR) is 48.4 cm³/mol. The molecule has 1 aliphatic rings. The molecule has 0 spiro atoms. The monoisotopic (exact) mass is 167 g/mol. The van der Waals surface area contributed by atoms with E-state index in [2.05, 4.69) is 17.9 Å². The Morgan fingerprint density at radius 3 is 3.00 bits per heavy atom. The van der Waals surface area contributed by atoms with Crippen LogP contribution in [0.3, 0.4) is 0 Å². The zero-order chi connectivity index (χ0) is 8.97. The molecule has 12 heavy (non-hydrogen) atoms. The summed E-state index contributed by atoms with van der Waals surface area (Å²) in [4.78, 5) is 2.29. The fourth-order valence-corrected chi connectivity index (χ4v) is 1.73. The van der Waals surface area contributed by atoms with Crippen LogP contribution in [0.5, 0.6) is 0 Å². The highest BCUT2D eigenvalue weighted by Gasteiger charge is 2.21. The molecule has 1 rings (SSSR count). The smallest absolute Gasteiger partial charge is 0.106 e. The van der Waals surface area contributed by atoms with Gasteiger partial charge in [0.15, 0.2) is 0 Å². The molecule has 2 atom stereocenters. The van der Waals surface area contributed by atoms with E-state index in [0.717, 1.165) is 25.6 Å². The van der Waals surface area contributed by atoms with Gasteiger partial charge in [-0.2, -0.15) is 5.26 Å². The quantitative estimate of drug-likeness (QED) is 0.668. The largest absolute Gasteiger partial charge is 0.315 e. The van der Waals surface area contributed by atoms with E-state index in [1.165, 1.54) is 12.8 Å². The van der Waals surface area contributed by atoms with Crippen molar-refractivity contribution >= 4 is 0 Å². The second-order valence-corrected chi connectivity index (χ2v) is 3.56. The molecule has 0 bridgehead atoms. The maximum absolute atomic E-state index is 8.52. The minimum atomic E-state index is -0.305. The molecule has 1 heterocycles. The molecule has 0 aromatic heterocycles. The first-order chi connectivity index (χ1) is 5.76. The van der Waals surface area contributed by atoms with Gasteiger partial charge in [-0.15, -0.1) is 0 Å². The average molecular weight is 167 g/mol. The van der Waals surface area contributed by atoms with E-state index in [1.54, 1.807) is 0 Å². The van der Waals surface area contributed by atoms with Gasteiger partial charge >= 0.3 is 0 Å². The van der Waals surface area contributed by atoms with Crippen molar-refractivity contribution in [3.05, 3.63) is 0 Å². The molecule has 3 nitrogen and oxygen atoms in total. The van der Waals surface area contributed by atoms with E-state index in [4.69, 9.17) is 11.0 Å². The van der Waals surface area contributed by atoms with Gasteiger partial charge in [0.05, 0.1) is 6.07 Å². The van der Waals surface area contributed by atoms with Crippen molar-refractivity contribution in [3.8, 4) is 6.07 Å². The highest BCUT2D eigenvalue weighted by molar-refractivity contribution is 4.90. The van der Waals surface area contributed by atoms with E-state index in [0.29, 0.717) is 0 Å². The molecule has 2 N–H and O–H groups in total. The molecule has 3 heteroatoms. The first-order valence-corrected chi connectivity index (χ1v) is 4.63. The first-order valence-electron chi connectivity index (χ1n) is 4.63. The average Bonchev–Trinajstić information content (AvgIpc) is 2.52. The van der Waals surface area contributed by atoms with Crippen LogP contribution in [0.25, 0.3) is 0 Å². The summed E-state index contributed by atoms with van der Waals surface area (Å²) in [5.74, 6) is 0.830. The molecule has 2 unspecified atom stereocenters. The molecule has 1 saturated heterocycles. The topological polar surface area (TPSA) is 53.0 Å². The van der Waals surface area contributed by atoms with Crippen LogP contribution in [-0.4, -0.2) is 30.6 Å². The maximum atomic E-state index is 8.52. The van der Waals surface area contributed by atoms with E-state index in [-0.39, 0.29) is 6.04 Å². The lowest BCUT2D eigenvalue weighted by molar-refractivity contribution is 0.316. The molecule has 0 radical (unpaired) electrons. The summed E-state index contributed by atoms with van der Waals surface area (Å²) in [7, 11) is 0. The van der Waals surface area contributed by atoms with Crippen LogP contribution in [0.4, 0.5) is 0 Å². The van der Waals surface area contributed by atoms with Gasteiger partial charge in [-0.25, -0.2) is 0 Å². The summed E-state index contributed by atoms with van der Waals surface area (Å²) in [5.41, 5.74) is 5.54. The Bertz CT molecular complexity index is 173. The van der Waals surface area contributed by atoms with Crippen LogP contribution in [0, 0.1) is 17.2 Å². The summed E-state index contributed by atoms with van der Waals surface area (Å²) in [6.07, 6.45) is 2.52. The lowest BCUT2D eigenvalue weighted by atomic mass is 10.1. The molecule has 1 aliphatic heterocycles. The zero-order valence-electron chi connectivity index (χ0n) is 7.66. The molecule has 1 fully saturated rings. The highest BCUT2D eigenvalue weighted by Crippen LogP contribution is 2.18. The number of nitrogens with two attached hydrogens (primary N) is 1. The Hall–Kier alpha value is -0.590. The van der Waals surface area contributed by atoms with Crippen molar-refractivity contribution in [2.75, 3.05) is 19.6 Å². The van der Waals surface area contributed by atoms with Crippen LogP contribution in [0.1, 0.15) is 19.8 Å². The van der Waals surface area contributed by atoms with E-state index < -0.39 is 0 Å². The lowest BCUT2D eigenvalue weighted by Crippen LogP contribution is -2.35. The molecule has 0 aromatic carbocycles. The Labute approximate surface area is 74.1 Å². The predicted octanol–water partition coefficient (Wildman–Crippen LogP) is 0.569. The summed E-state index contributed by atoms with van der Waals surface area (Å²) >= 11 is 0. The van der Waals surface area contributed by atoms with Gasteiger partial charge < -0.3 is 10.6 Å². The summed E-state index contributed by atoms with van der Waals surface area (Å²) in [6, 6.07) is 1.76. The second-order valence-electron chi connectivity index (χ2n) is 3.56. The van der Waals surface area contributed by atoms with Gasteiger partial charge in [0, 0.05) is 13.1 Å². The van der Waals surface area contributed by atoms with Crippen molar-refractivity contribution in [3.63, 3.8) is 0 Å². The molecule has 68 valence electrons. The molecular weight excluding hydrogens is 150 g/mol. The van der Waals surface area contributed by atoms with Crippen molar-refractivity contribution in [2.45, 2.75) is 25.8 Å². The Morgan fingerprint density at radius 1 is 1.75 bits per heavy atom. The number of rotatable bonds is 3. The van der Waals surface area contributed by atoms with Gasteiger partial charge in [0.25, 0.3) is 0 Å². The number of hydrogen-bond acceptors (Lipinski definition) is 3. The minimum Gasteiger partial charge on any atom is -0.315 e. The maximum Gasteiger partial charge on any atom is 0.106 e. The Kier molecular flexibility index (Phi) is 3.51. The van der Waals surface area contributed by atoms with E-state index >= 15 is 0 Å². The SMILES string of the molecule is CCC1CCN(CC(N)C#N)C1. The molecule has 0 aliphatic carbocycles. The van der Waals surface area contributed by atoms with Crippen LogP contribution < -0.4 is 5.73 Å². The lowest BCUT2D eigenvalue weighted by Gasteiger charge is -2.16. The highest BCUT2D eigenvalue weighted by atomic mass is 15.2. The number of nitriles is 1. The van der Waals surface area contributed by atoms with Crippen LogP contribution in [0.2, 0.25) is 0 Å². The van der Waals surface area contributed by atoms with Crippen LogP contribution in [-0.2, 0) is 0 Å². The number of hydrogen-bond donors (Lipinski definition) is 1. The van der Waals surface area contributed by atoms with E-state index in [1.807, 2.05) is 0 Å². The minimum absolute atomic E-state index is 0.305. The number of nitrogens with zero attached hydrogens (tertiary/aromatic N) is 2. The van der Waals surface area contributed by atoms with Crippen molar-refractivity contribution in [1.29, 1.82) is 5.26 Å². The van der Waals surface area contributed by atoms with Crippen molar-refractivity contribution in [1.82, 2.24) is 4.90 Å². The molecule has 0 amide bonds. The first kappa shape index (κ1) is 9.50. The standard InChI is InChI=1S/C9H17N3/c1-2-8-3-4-12(6-8)7-9(11)5-10/h8-9H,2-4,6-7,11H2,1H3. The van der Waals surface area contributed by atoms with Gasteiger partial charge in [-0.1, -0.05) is 13.3 Å². The molecule has 0 aromatic rings. The fraction of sp³-hybridized carbons (Fsp3) is 0.889. The Morgan fingerprint density at radius 2 is 2.50 bits per heavy atom. The zero-order valence-corrected chi connectivity index (χ0v) is 7.66. The van der Waals surface area contributed by atoms with Crippen molar-refractivity contribution in [2.24, 2.45) is 11.7 Å². The van der Waals surface area contributed by atoms with Gasteiger partial charge in [-0.05, 0) is 18.9 Å². The van der Waals surface area contributed by atoms with E-state index in [9.17, 15) is 0 Å². The molecule has 0 saturated carbocycles. The third-order valence-corrected chi connectivity index (χ3v) is 2.57. The normalized spacial score (nSPS) is 26.9. The van der Waals surface area contributed by atoms with Crippen molar-refractivity contribution < 1.29 is 0 Å².